The fourth-order valence-electron chi connectivity index (χ4n) is 3.45. The summed E-state index contributed by atoms with van der Waals surface area (Å²) in [5, 5.41) is 4.16. The van der Waals surface area contributed by atoms with Crippen molar-refractivity contribution in [1.82, 2.24) is 9.88 Å². The Morgan fingerprint density at radius 1 is 1.12 bits per heavy atom. The van der Waals surface area contributed by atoms with Crippen molar-refractivity contribution >= 4 is 34.0 Å². The Bertz CT molecular complexity index is 1020. The van der Waals surface area contributed by atoms with Crippen LogP contribution in [-0.4, -0.2) is 48.7 Å². The van der Waals surface area contributed by atoms with Crippen molar-refractivity contribution in [2.45, 2.75) is 19.4 Å². The molecule has 0 unspecified atom stereocenters. The molecule has 32 heavy (non-hydrogen) atoms. The minimum atomic E-state index is -0.0703. The predicted octanol–water partition coefficient (Wildman–Crippen LogP) is 5.09. The number of amides is 1. The minimum absolute atomic E-state index is 0.0703. The Morgan fingerprint density at radius 2 is 1.88 bits per heavy atom. The molecular formula is C24H26ClN3O3S. The fraction of sp³-hybridized carbons (Fsp3) is 0.333. The highest BCUT2D eigenvalue weighted by molar-refractivity contribution is 7.16. The van der Waals surface area contributed by atoms with Gasteiger partial charge in [0.25, 0.3) is 0 Å². The molecule has 1 N–H and O–H groups in total. The van der Waals surface area contributed by atoms with Gasteiger partial charge in [0.15, 0.2) is 5.13 Å². The number of carbonyl (C=O) groups is 1. The molecule has 0 radical (unpaired) electrons. The maximum Gasteiger partial charge on any atom is 0.226 e. The lowest BCUT2D eigenvalue weighted by molar-refractivity contribution is -0.116. The summed E-state index contributed by atoms with van der Waals surface area (Å²) in [7, 11) is 0. The molecule has 1 saturated heterocycles. The lowest BCUT2D eigenvalue weighted by atomic mass is 10.1. The number of anilines is 1. The zero-order chi connectivity index (χ0) is 22.2. The number of carbonyl (C=O) groups excluding carboxylic acids is 1. The number of morpholine rings is 1. The van der Waals surface area contributed by atoms with Crippen molar-refractivity contribution in [3.05, 3.63) is 64.5 Å². The molecule has 0 aliphatic carbocycles. The van der Waals surface area contributed by atoms with E-state index in [1.807, 2.05) is 36.4 Å². The largest absolute Gasteiger partial charge is 0.492 e. The monoisotopic (exact) mass is 471 g/mol. The van der Waals surface area contributed by atoms with Gasteiger partial charge in [0, 0.05) is 36.5 Å². The van der Waals surface area contributed by atoms with E-state index in [0.29, 0.717) is 35.4 Å². The highest BCUT2D eigenvalue weighted by Gasteiger charge is 2.19. The van der Waals surface area contributed by atoms with Crippen LogP contribution >= 0.6 is 22.9 Å². The number of aromatic nitrogens is 1. The van der Waals surface area contributed by atoms with E-state index in [4.69, 9.17) is 26.1 Å². The Morgan fingerprint density at radius 3 is 2.66 bits per heavy atom. The predicted molar refractivity (Wildman–Crippen MR) is 128 cm³/mol. The molecule has 168 valence electrons. The van der Waals surface area contributed by atoms with Crippen LogP contribution in [0.15, 0.2) is 54.6 Å². The van der Waals surface area contributed by atoms with Crippen LogP contribution in [0.3, 0.4) is 0 Å². The number of nitrogens with one attached hydrogen (secondary N) is 1. The summed E-state index contributed by atoms with van der Waals surface area (Å²) < 4.78 is 11.1. The van der Waals surface area contributed by atoms with Gasteiger partial charge >= 0.3 is 0 Å². The highest BCUT2D eigenvalue weighted by atomic mass is 35.5. The highest BCUT2D eigenvalue weighted by Crippen LogP contribution is 2.32. The van der Waals surface area contributed by atoms with Crippen LogP contribution < -0.4 is 10.1 Å². The number of halogens is 1. The summed E-state index contributed by atoms with van der Waals surface area (Å²) in [6.45, 7) is 4.52. The fourth-order valence-corrected chi connectivity index (χ4v) is 4.69. The summed E-state index contributed by atoms with van der Waals surface area (Å²) in [6, 6.07) is 17.4. The van der Waals surface area contributed by atoms with Gasteiger partial charge in [-0.3, -0.25) is 9.69 Å². The zero-order valence-electron chi connectivity index (χ0n) is 17.8. The second-order valence-electron chi connectivity index (χ2n) is 7.48. The first-order valence-corrected chi connectivity index (χ1v) is 11.9. The minimum Gasteiger partial charge on any atom is -0.492 e. The topological polar surface area (TPSA) is 63.7 Å². The maximum atomic E-state index is 12.5. The summed E-state index contributed by atoms with van der Waals surface area (Å²) in [6.07, 6.45) is 0.943. The number of thiazole rings is 1. The summed E-state index contributed by atoms with van der Waals surface area (Å²) >= 11 is 7.63. The van der Waals surface area contributed by atoms with Crippen molar-refractivity contribution in [2.24, 2.45) is 0 Å². The van der Waals surface area contributed by atoms with Gasteiger partial charge in [-0.25, -0.2) is 4.98 Å². The first-order chi connectivity index (χ1) is 15.7. The second-order valence-corrected chi connectivity index (χ2v) is 8.97. The van der Waals surface area contributed by atoms with Crippen LogP contribution in [0.2, 0.25) is 5.02 Å². The van der Waals surface area contributed by atoms with Crippen molar-refractivity contribution in [3.8, 4) is 17.0 Å². The van der Waals surface area contributed by atoms with E-state index in [0.717, 1.165) is 49.0 Å². The quantitative estimate of drug-likeness (QED) is 0.440. The van der Waals surface area contributed by atoms with Crippen LogP contribution in [0.25, 0.3) is 11.3 Å². The Hall–Kier alpha value is -2.45. The molecule has 0 saturated carbocycles. The van der Waals surface area contributed by atoms with Crippen LogP contribution in [-0.2, 0) is 16.1 Å². The van der Waals surface area contributed by atoms with Gasteiger partial charge in [0.1, 0.15) is 5.75 Å². The van der Waals surface area contributed by atoms with E-state index in [-0.39, 0.29) is 5.91 Å². The van der Waals surface area contributed by atoms with Crippen molar-refractivity contribution in [3.63, 3.8) is 0 Å². The third-order valence-corrected chi connectivity index (χ3v) is 6.37. The molecule has 1 amide bonds. The standard InChI is InChI=1S/C24H26ClN3O3S/c25-19-9-4-5-10-20(19)31-14-6-11-22(29)26-24-27-23(18-7-2-1-3-8-18)21(32-24)17-28-12-15-30-16-13-28/h1-5,7-10H,6,11-17H2,(H,26,27,29). The van der Waals surface area contributed by atoms with Crippen LogP contribution in [0.4, 0.5) is 5.13 Å². The molecule has 4 rings (SSSR count). The van der Waals surface area contributed by atoms with Gasteiger partial charge in [0.05, 0.1) is 30.5 Å². The smallest absolute Gasteiger partial charge is 0.226 e. The Labute approximate surface area is 197 Å². The molecule has 1 aromatic heterocycles. The molecule has 0 atom stereocenters. The van der Waals surface area contributed by atoms with Crippen LogP contribution in [0, 0.1) is 0 Å². The summed E-state index contributed by atoms with van der Waals surface area (Å²) in [4.78, 5) is 20.7. The number of benzene rings is 2. The molecule has 1 aliphatic rings. The van der Waals surface area contributed by atoms with Gasteiger partial charge in [-0.2, -0.15) is 0 Å². The number of ether oxygens (including phenoxy) is 2. The maximum absolute atomic E-state index is 12.5. The van der Waals surface area contributed by atoms with Gasteiger partial charge in [-0.05, 0) is 18.6 Å². The van der Waals surface area contributed by atoms with Crippen molar-refractivity contribution < 1.29 is 14.3 Å². The number of para-hydroxylation sites is 1. The lowest BCUT2D eigenvalue weighted by Gasteiger charge is -2.26. The summed E-state index contributed by atoms with van der Waals surface area (Å²) in [5.41, 5.74) is 1.99. The number of hydrogen-bond donors (Lipinski definition) is 1. The third-order valence-electron chi connectivity index (χ3n) is 5.10. The van der Waals surface area contributed by atoms with E-state index in [1.165, 1.54) is 0 Å². The lowest BCUT2D eigenvalue weighted by Crippen LogP contribution is -2.35. The van der Waals surface area contributed by atoms with E-state index in [2.05, 4.69) is 22.3 Å². The van der Waals surface area contributed by atoms with E-state index in [1.54, 1.807) is 17.4 Å². The molecule has 1 fully saturated rings. The van der Waals surface area contributed by atoms with Gasteiger partial charge in [0.2, 0.25) is 5.91 Å². The van der Waals surface area contributed by atoms with E-state index >= 15 is 0 Å². The molecular weight excluding hydrogens is 446 g/mol. The molecule has 2 aromatic carbocycles. The molecule has 8 heteroatoms. The van der Waals surface area contributed by atoms with E-state index < -0.39 is 0 Å². The SMILES string of the molecule is O=C(CCCOc1ccccc1Cl)Nc1nc(-c2ccccc2)c(CN2CCOCC2)s1. The van der Waals surface area contributed by atoms with Crippen LogP contribution in [0.1, 0.15) is 17.7 Å². The Balaban J connectivity index is 1.36. The molecule has 0 spiro atoms. The summed E-state index contributed by atoms with van der Waals surface area (Å²) in [5.74, 6) is 0.564. The van der Waals surface area contributed by atoms with Gasteiger partial charge < -0.3 is 14.8 Å². The average molecular weight is 472 g/mol. The zero-order valence-corrected chi connectivity index (χ0v) is 19.3. The molecule has 0 bridgehead atoms. The number of rotatable bonds is 9. The first kappa shape index (κ1) is 22.7. The van der Waals surface area contributed by atoms with Crippen LogP contribution in [0.5, 0.6) is 5.75 Å². The third kappa shape index (κ3) is 6.29. The van der Waals surface area contributed by atoms with Gasteiger partial charge in [-0.1, -0.05) is 65.4 Å². The average Bonchev–Trinajstić information content (AvgIpc) is 3.21. The van der Waals surface area contributed by atoms with Crippen molar-refractivity contribution in [1.29, 1.82) is 0 Å². The first-order valence-electron chi connectivity index (χ1n) is 10.7. The van der Waals surface area contributed by atoms with Crippen molar-refractivity contribution in [2.75, 3.05) is 38.2 Å². The van der Waals surface area contributed by atoms with Gasteiger partial charge in [-0.15, -0.1) is 0 Å². The molecule has 2 heterocycles. The normalized spacial score (nSPS) is 14.3. The Kier molecular flexibility index (Phi) is 8.12. The number of hydrogen-bond acceptors (Lipinski definition) is 6. The molecule has 6 nitrogen and oxygen atoms in total. The van der Waals surface area contributed by atoms with E-state index in [9.17, 15) is 4.79 Å². The second kappa shape index (κ2) is 11.4. The molecule has 1 aliphatic heterocycles. The number of nitrogens with zero attached hydrogens (tertiary/aromatic N) is 2. The molecule has 3 aromatic rings.